The molecule has 2 atom stereocenters. The molecule has 5 nitrogen and oxygen atoms in total. The Bertz CT molecular complexity index is 361. The predicted molar refractivity (Wildman–Crippen MR) is 73.0 cm³/mol. The zero-order valence-electron chi connectivity index (χ0n) is 12.0. The second-order valence-corrected chi connectivity index (χ2v) is 5.34. The SMILES string of the molecule is CCOCCc1noc(CC(C)C2CCCNC2)n1. The van der Waals surface area contributed by atoms with Crippen molar-refractivity contribution >= 4 is 0 Å². The van der Waals surface area contributed by atoms with E-state index in [1.807, 2.05) is 6.92 Å². The minimum Gasteiger partial charge on any atom is -0.381 e. The minimum atomic E-state index is 0.591. The molecule has 2 heterocycles. The number of rotatable bonds is 7. The molecule has 0 spiro atoms. The zero-order chi connectivity index (χ0) is 13.5. The van der Waals surface area contributed by atoms with Gasteiger partial charge in [-0.15, -0.1) is 0 Å². The molecule has 108 valence electrons. The van der Waals surface area contributed by atoms with E-state index >= 15 is 0 Å². The lowest BCUT2D eigenvalue weighted by Crippen LogP contribution is -2.33. The minimum absolute atomic E-state index is 0.591. The van der Waals surface area contributed by atoms with Crippen LogP contribution in [0, 0.1) is 11.8 Å². The van der Waals surface area contributed by atoms with Crippen LogP contribution in [-0.4, -0.2) is 36.4 Å². The van der Waals surface area contributed by atoms with Gasteiger partial charge in [0, 0.05) is 19.4 Å². The molecule has 1 aromatic heterocycles. The van der Waals surface area contributed by atoms with Gasteiger partial charge in [-0.25, -0.2) is 0 Å². The molecule has 1 aliphatic rings. The van der Waals surface area contributed by atoms with Gasteiger partial charge in [-0.2, -0.15) is 4.98 Å². The molecule has 0 aliphatic carbocycles. The van der Waals surface area contributed by atoms with E-state index in [9.17, 15) is 0 Å². The highest BCUT2D eigenvalue weighted by molar-refractivity contribution is 4.89. The number of nitrogens with zero attached hydrogens (tertiary/aromatic N) is 2. The topological polar surface area (TPSA) is 60.2 Å². The molecule has 1 aliphatic heterocycles. The van der Waals surface area contributed by atoms with Crippen molar-refractivity contribution in [3.8, 4) is 0 Å². The van der Waals surface area contributed by atoms with Crippen LogP contribution in [0.3, 0.4) is 0 Å². The summed E-state index contributed by atoms with van der Waals surface area (Å²) in [4.78, 5) is 4.44. The van der Waals surface area contributed by atoms with Gasteiger partial charge in [-0.1, -0.05) is 12.1 Å². The number of piperidine rings is 1. The fourth-order valence-corrected chi connectivity index (χ4v) is 2.59. The van der Waals surface area contributed by atoms with E-state index in [2.05, 4.69) is 22.4 Å². The highest BCUT2D eigenvalue weighted by Gasteiger charge is 2.22. The summed E-state index contributed by atoms with van der Waals surface area (Å²) in [6.07, 6.45) is 4.20. The monoisotopic (exact) mass is 267 g/mol. The highest BCUT2D eigenvalue weighted by atomic mass is 16.5. The van der Waals surface area contributed by atoms with Crippen molar-refractivity contribution in [2.45, 2.75) is 39.5 Å². The number of nitrogens with one attached hydrogen (secondary N) is 1. The van der Waals surface area contributed by atoms with Crippen LogP contribution in [0.4, 0.5) is 0 Å². The molecule has 2 unspecified atom stereocenters. The normalized spacial score (nSPS) is 21.5. The molecule has 1 fully saturated rings. The van der Waals surface area contributed by atoms with Gasteiger partial charge in [0.15, 0.2) is 5.82 Å². The first kappa shape index (κ1) is 14.5. The Morgan fingerprint density at radius 1 is 1.53 bits per heavy atom. The van der Waals surface area contributed by atoms with E-state index in [1.165, 1.54) is 12.8 Å². The summed E-state index contributed by atoms with van der Waals surface area (Å²) >= 11 is 0. The average Bonchev–Trinajstić information content (AvgIpc) is 2.88. The molecule has 0 radical (unpaired) electrons. The van der Waals surface area contributed by atoms with Gasteiger partial charge < -0.3 is 14.6 Å². The summed E-state index contributed by atoms with van der Waals surface area (Å²) in [5, 5.41) is 7.46. The van der Waals surface area contributed by atoms with Gasteiger partial charge in [-0.3, -0.25) is 0 Å². The second-order valence-electron chi connectivity index (χ2n) is 5.34. The summed E-state index contributed by atoms with van der Waals surface area (Å²) in [5.41, 5.74) is 0. The Labute approximate surface area is 115 Å². The van der Waals surface area contributed by atoms with Gasteiger partial charge in [0.2, 0.25) is 5.89 Å². The molecule has 0 bridgehead atoms. The van der Waals surface area contributed by atoms with Gasteiger partial charge in [0.1, 0.15) is 0 Å². The van der Waals surface area contributed by atoms with Crippen molar-refractivity contribution in [2.75, 3.05) is 26.3 Å². The van der Waals surface area contributed by atoms with Crippen molar-refractivity contribution in [1.29, 1.82) is 0 Å². The number of aromatic nitrogens is 2. The first-order valence-corrected chi connectivity index (χ1v) is 7.39. The second kappa shape index (κ2) is 7.60. The van der Waals surface area contributed by atoms with Gasteiger partial charge in [0.25, 0.3) is 0 Å². The Hall–Kier alpha value is -0.940. The Balaban J connectivity index is 1.78. The van der Waals surface area contributed by atoms with Crippen LogP contribution in [0.2, 0.25) is 0 Å². The number of hydrogen-bond acceptors (Lipinski definition) is 5. The molecular weight excluding hydrogens is 242 g/mol. The van der Waals surface area contributed by atoms with Crippen LogP contribution in [0.15, 0.2) is 4.52 Å². The smallest absolute Gasteiger partial charge is 0.226 e. The van der Waals surface area contributed by atoms with Gasteiger partial charge in [-0.05, 0) is 44.7 Å². The van der Waals surface area contributed by atoms with E-state index < -0.39 is 0 Å². The predicted octanol–water partition coefficient (Wildman–Crippen LogP) is 1.83. The summed E-state index contributed by atoms with van der Waals surface area (Å²) in [5.74, 6) is 2.85. The fourth-order valence-electron chi connectivity index (χ4n) is 2.59. The number of ether oxygens (including phenoxy) is 1. The largest absolute Gasteiger partial charge is 0.381 e. The van der Waals surface area contributed by atoms with Crippen molar-refractivity contribution in [3.05, 3.63) is 11.7 Å². The molecule has 1 aromatic rings. The van der Waals surface area contributed by atoms with E-state index in [-0.39, 0.29) is 0 Å². The summed E-state index contributed by atoms with van der Waals surface area (Å²) in [7, 11) is 0. The maximum atomic E-state index is 5.32. The third kappa shape index (κ3) is 4.58. The van der Waals surface area contributed by atoms with Gasteiger partial charge in [0.05, 0.1) is 6.61 Å². The zero-order valence-corrected chi connectivity index (χ0v) is 12.0. The van der Waals surface area contributed by atoms with Crippen LogP contribution < -0.4 is 5.32 Å². The molecule has 5 heteroatoms. The van der Waals surface area contributed by atoms with Crippen molar-refractivity contribution in [3.63, 3.8) is 0 Å². The fraction of sp³-hybridized carbons (Fsp3) is 0.857. The third-order valence-electron chi connectivity index (χ3n) is 3.82. The van der Waals surface area contributed by atoms with E-state index in [1.54, 1.807) is 0 Å². The highest BCUT2D eigenvalue weighted by Crippen LogP contribution is 2.22. The van der Waals surface area contributed by atoms with Crippen LogP contribution in [0.5, 0.6) is 0 Å². The number of hydrogen-bond donors (Lipinski definition) is 1. The first-order chi connectivity index (χ1) is 9.29. The molecule has 1 N–H and O–H groups in total. The Morgan fingerprint density at radius 2 is 2.42 bits per heavy atom. The van der Waals surface area contributed by atoms with Crippen LogP contribution in [0.25, 0.3) is 0 Å². The van der Waals surface area contributed by atoms with E-state index in [0.717, 1.165) is 50.2 Å². The quantitative estimate of drug-likeness (QED) is 0.764. The first-order valence-electron chi connectivity index (χ1n) is 7.39. The third-order valence-corrected chi connectivity index (χ3v) is 3.82. The Kier molecular flexibility index (Phi) is 5.79. The molecular formula is C14H25N3O2. The molecule has 0 aromatic carbocycles. The molecule has 0 amide bonds. The summed E-state index contributed by atoms with van der Waals surface area (Å²) in [6, 6.07) is 0. The maximum absolute atomic E-state index is 5.32. The van der Waals surface area contributed by atoms with E-state index in [4.69, 9.17) is 9.26 Å². The standard InChI is InChI=1S/C14H25N3O2/c1-3-18-8-6-13-16-14(19-17-13)9-11(2)12-5-4-7-15-10-12/h11-12,15H,3-10H2,1-2H3. The van der Waals surface area contributed by atoms with Crippen molar-refractivity contribution in [1.82, 2.24) is 15.5 Å². The van der Waals surface area contributed by atoms with E-state index in [0.29, 0.717) is 12.5 Å². The Morgan fingerprint density at radius 3 is 3.16 bits per heavy atom. The van der Waals surface area contributed by atoms with Gasteiger partial charge >= 0.3 is 0 Å². The lowest BCUT2D eigenvalue weighted by molar-refractivity contribution is 0.149. The molecule has 2 rings (SSSR count). The summed E-state index contributed by atoms with van der Waals surface area (Å²) < 4.78 is 10.6. The van der Waals surface area contributed by atoms with Crippen LogP contribution >= 0.6 is 0 Å². The lowest BCUT2D eigenvalue weighted by atomic mass is 9.85. The molecule has 1 saturated heterocycles. The maximum Gasteiger partial charge on any atom is 0.226 e. The average molecular weight is 267 g/mol. The van der Waals surface area contributed by atoms with Crippen molar-refractivity contribution in [2.24, 2.45) is 11.8 Å². The van der Waals surface area contributed by atoms with Crippen molar-refractivity contribution < 1.29 is 9.26 Å². The van der Waals surface area contributed by atoms with Crippen LogP contribution in [-0.2, 0) is 17.6 Å². The lowest BCUT2D eigenvalue weighted by Gasteiger charge is -2.27. The molecule has 19 heavy (non-hydrogen) atoms. The van der Waals surface area contributed by atoms with Crippen LogP contribution in [0.1, 0.15) is 38.4 Å². The molecule has 0 saturated carbocycles. The summed E-state index contributed by atoms with van der Waals surface area (Å²) in [6.45, 7) is 7.94.